The Kier molecular flexibility index (Phi) is 10.3. The number of nitrogens with one attached hydrogen (secondary N) is 1. The number of aliphatic hydroxyl groups is 2. The molecule has 3 amide bonds. The van der Waals surface area contributed by atoms with Gasteiger partial charge in [0.25, 0.3) is 0 Å². The summed E-state index contributed by atoms with van der Waals surface area (Å²) >= 11 is 0. The molecule has 0 saturated carbocycles. The van der Waals surface area contributed by atoms with Crippen LogP contribution in [0.1, 0.15) is 26.2 Å². The lowest BCUT2D eigenvalue weighted by Gasteiger charge is -2.18. The summed E-state index contributed by atoms with van der Waals surface area (Å²) in [7, 11) is 0. The second-order valence-electron chi connectivity index (χ2n) is 6.04. The lowest BCUT2D eigenvalue weighted by molar-refractivity contribution is -0.135. The summed E-state index contributed by atoms with van der Waals surface area (Å²) in [6.45, 7) is 0.222. The summed E-state index contributed by atoms with van der Waals surface area (Å²) in [6, 6.07) is -1.16. The van der Waals surface area contributed by atoms with E-state index < -0.39 is 85.7 Å². The van der Waals surface area contributed by atoms with Crippen molar-refractivity contribution >= 4 is 29.3 Å². The van der Waals surface area contributed by atoms with Gasteiger partial charge in [-0.3, -0.25) is 24.0 Å². The van der Waals surface area contributed by atoms with Gasteiger partial charge < -0.3 is 32.7 Å². The summed E-state index contributed by atoms with van der Waals surface area (Å²) in [4.78, 5) is 58.1. The van der Waals surface area contributed by atoms with Crippen LogP contribution in [-0.2, 0) is 24.0 Å². The fraction of sp³-hybridized carbons (Fsp3) is 0.667. The fourth-order valence-electron chi connectivity index (χ4n) is 2.16. The number of ketones is 2. The van der Waals surface area contributed by atoms with Gasteiger partial charge in [-0.1, -0.05) is 0 Å². The third kappa shape index (κ3) is 8.65. The third-order valence-electron chi connectivity index (χ3n) is 3.73. The zero-order chi connectivity index (χ0) is 20.4. The van der Waals surface area contributed by atoms with E-state index in [1.165, 1.54) is 6.92 Å². The molecule has 0 aliphatic carbocycles. The van der Waals surface area contributed by atoms with Crippen molar-refractivity contribution in [1.29, 1.82) is 0 Å². The largest absolute Gasteiger partial charge is 0.394 e. The molecule has 1 unspecified atom stereocenters. The van der Waals surface area contributed by atoms with Crippen LogP contribution in [0.25, 0.3) is 0 Å². The van der Waals surface area contributed by atoms with Gasteiger partial charge in [0.05, 0.1) is 37.1 Å². The molecule has 0 aromatic rings. The van der Waals surface area contributed by atoms with Crippen molar-refractivity contribution < 1.29 is 34.2 Å². The Morgan fingerprint density at radius 3 is 2.04 bits per heavy atom. The third-order valence-corrected chi connectivity index (χ3v) is 3.73. The molecule has 11 heteroatoms. The molecule has 9 N–H and O–H groups in total. The first-order valence-corrected chi connectivity index (χ1v) is 7.93. The van der Waals surface area contributed by atoms with E-state index in [0.717, 1.165) is 0 Å². The zero-order valence-electron chi connectivity index (χ0n) is 14.5. The number of carbonyl (C=O) groups excluding carboxylic acids is 5. The minimum absolute atomic E-state index is 0.399. The molecule has 26 heavy (non-hydrogen) atoms. The highest BCUT2D eigenvalue weighted by molar-refractivity contribution is 5.94. The lowest BCUT2D eigenvalue weighted by atomic mass is 9.90. The number of nitrogens with two attached hydrogens (primary N) is 3. The van der Waals surface area contributed by atoms with Crippen molar-refractivity contribution in [2.45, 2.75) is 38.3 Å². The Balaban J connectivity index is 4.90. The van der Waals surface area contributed by atoms with Gasteiger partial charge in [0, 0.05) is 19.3 Å². The number of hydrogen-bond acceptors (Lipinski definition) is 8. The number of carbonyl (C=O) groups is 5. The fourth-order valence-corrected chi connectivity index (χ4v) is 2.16. The average molecular weight is 374 g/mol. The second-order valence-corrected chi connectivity index (χ2v) is 6.04. The summed E-state index contributed by atoms with van der Waals surface area (Å²) in [5.41, 5.74) is 15.5. The van der Waals surface area contributed by atoms with Gasteiger partial charge in [-0.2, -0.15) is 0 Å². The minimum atomic E-state index is -1.16. The van der Waals surface area contributed by atoms with Gasteiger partial charge in [0.2, 0.25) is 17.7 Å². The molecule has 0 bridgehead atoms. The molecule has 148 valence electrons. The molecule has 0 radical (unpaired) electrons. The van der Waals surface area contributed by atoms with Crippen LogP contribution in [0.4, 0.5) is 0 Å². The van der Waals surface area contributed by atoms with Crippen molar-refractivity contribution in [3.8, 4) is 0 Å². The number of rotatable bonds is 13. The van der Waals surface area contributed by atoms with Crippen LogP contribution in [0.15, 0.2) is 0 Å². The topological polar surface area (TPSA) is 216 Å². The predicted octanol–water partition coefficient (Wildman–Crippen LogP) is -3.69. The van der Waals surface area contributed by atoms with Gasteiger partial charge in [-0.25, -0.2) is 0 Å². The predicted molar refractivity (Wildman–Crippen MR) is 89.0 cm³/mol. The van der Waals surface area contributed by atoms with Gasteiger partial charge in [-0.15, -0.1) is 0 Å². The average Bonchev–Trinajstić information content (AvgIpc) is 2.54. The molecule has 0 fully saturated rings. The van der Waals surface area contributed by atoms with E-state index in [2.05, 4.69) is 5.32 Å². The molecular weight excluding hydrogens is 348 g/mol. The summed E-state index contributed by atoms with van der Waals surface area (Å²) in [5.74, 6) is -5.96. The minimum Gasteiger partial charge on any atom is -0.394 e. The maximum Gasteiger partial charge on any atom is 0.224 e. The highest BCUT2D eigenvalue weighted by Gasteiger charge is 2.29. The number of hydrogen-bond donors (Lipinski definition) is 6. The first-order chi connectivity index (χ1) is 12.0. The molecule has 0 aromatic carbocycles. The van der Waals surface area contributed by atoms with E-state index in [4.69, 9.17) is 22.3 Å². The molecule has 11 nitrogen and oxygen atoms in total. The van der Waals surface area contributed by atoms with Crippen molar-refractivity contribution in [2.75, 3.05) is 13.2 Å². The highest BCUT2D eigenvalue weighted by atomic mass is 16.3. The zero-order valence-corrected chi connectivity index (χ0v) is 14.5. The summed E-state index contributed by atoms with van der Waals surface area (Å²) in [5, 5.41) is 20.5. The first kappa shape index (κ1) is 23.6. The van der Waals surface area contributed by atoms with E-state index in [0.29, 0.717) is 0 Å². The molecule has 0 heterocycles. The van der Waals surface area contributed by atoms with Crippen LogP contribution >= 0.6 is 0 Å². The Morgan fingerprint density at radius 2 is 1.62 bits per heavy atom. The Labute approximate surface area is 150 Å². The molecule has 4 atom stereocenters. The van der Waals surface area contributed by atoms with Crippen molar-refractivity contribution in [3.63, 3.8) is 0 Å². The SMILES string of the molecule is CC(O)[C@H](CC(=O)C[C@@H](CC(N)=O)C(=O)NCC(=O)[C@@H](N)CO)C(N)=O. The van der Waals surface area contributed by atoms with Crippen molar-refractivity contribution in [3.05, 3.63) is 0 Å². The maximum atomic E-state index is 12.1. The highest BCUT2D eigenvalue weighted by Crippen LogP contribution is 2.16. The Hall–Kier alpha value is -2.37. The number of amides is 3. The van der Waals surface area contributed by atoms with Crippen LogP contribution < -0.4 is 22.5 Å². The van der Waals surface area contributed by atoms with Crippen molar-refractivity contribution in [1.82, 2.24) is 5.32 Å². The van der Waals surface area contributed by atoms with E-state index >= 15 is 0 Å². The maximum absolute atomic E-state index is 12.1. The van der Waals surface area contributed by atoms with E-state index in [1.807, 2.05) is 0 Å². The first-order valence-electron chi connectivity index (χ1n) is 7.93. The second kappa shape index (κ2) is 11.3. The standard InChI is InChI=1S/C15H26N4O7/c1-7(21)10(14(18)25)4-9(22)2-8(3-13(17)24)15(26)19-5-12(23)11(16)6-20/h7-8,10-11,20-21H,2-6,16H2,1H3,(H2,17,24)(H2,18,25)(H,19,26)/t7?,8-,10-,11-/m0/s1. The van der Waals surface area contributed by atoms with E-state index in [1.54, 1.807) is 0 Å². The summed E-state index contributed by atoms with van der Waals surface area (Å²) in [6.07, 6.45) is -2.43. The van der Waals surface area contributed by atoms with Gasteiger partial charge in [0.1, 0.15) is 5.78 Å². The van der Waals surface area contributed by atoms with E-state index in [9.17, 15) is 29.1 Å². The molecular formula is C15H26N4O7. The van der Waals surface area contributed by atoms with Crippen molar-refractivity contribution in [2.24, 2.45) is 29.0 Å². The molecule has 0 saturated heterocycles. The molecule has 0 spiro atoms. The van der Waals surface area contributed by atoms with Gasteiger partial charge in [-0.05, 0) is 6.92 Å². The van der Waals surface area contributed by atoms with Crippen LogP contribution in [-0.4, -0.2) is 64.8 Å². The molecule has 0 aromatic heterocycles. The van der Waals surface area contributed by atoms with Crippen LogP contribution in [0.5, 0.6) is 0 Å². The van der Waals surface area contributed by atoms with Crippen LogP contribution in [0, 0.1) is 11.8 Å². The number of primary amides is 2. The van der Waals surface area contributed by atoms with Gasteiger partial charge in [0.15, 0.2) is 5.78 Å². The van der Waals surface area contributed by atoms with Crippen LogP contribution in [0.2, 0.25) is 0 Å². The van der Waals surface area contributed by atoms with E-state index in [-0.39, 0.29) is 0 Å². The lowest BCUT2D eigenvalue weighted by Crippen LogP contribution is -2.44. The Morgan fingerprint density at radius 1 is 1.04 bits per heavy atom. The van der Waals surface area contributed by atoms with Crippen LogP contribution in [0.3, 0.4) is 0 Å². The molecule has 0 aliphatic rings. The number of aliphatic hydroxyl groups excluding tert-OH is 2. The molecule has 0 aliphatic heterocycles. The normalized spacial score (nSPS) is 15.4. The quantitative estimate of drug-likeness (QED) is 0.188. The molecule has 0 rings (SSSR count). The van der Waals surface area contributed by atoms with Gasteiger partial charge >= 0.3 is 0 Å². The monoisotopic (exact) mass is 374 g/mol. The smallest absolute Gasteiger partial charge is 0.224 e. The number of Topliss-reactive ketones (excluding diaryl/α,β-unsaturated/α-hetero) is 2. The Bertz CT molecular complexity index is 550. The summed E-state index contributed by atoms with van der Waals surface area (Å²) < 4.78 is 0.